The Morgan fingerprint density at radius 1 is 1.08 bits per heavy atom. The van der Waals surface area contributed by atoms with Gasteiger partial charge in [0.25, 0.3) is 5.91 Å². The minimum atomic E-state index is -0.514. The molecule has 134 valence electrons. The zero-order valence-corrected chi connectivity index (χ0v) is 16.1. The van der Waals surface area contributed by atoms with E-state index in [1.807, 2.05) is 51.1 Å². The number of aryl methyl sites for hydroxylation is 1. The lowest BCUT2D eigenvalue weighted by molar-refractivity contribution is -0.122. The zero-order chi connectivity index (χ0) is 18.6. The summed E-state index contributed by atoms with van der Waals surface area (Å²) in [6.45, 7) is 12.5. The third-order valence-electron chi connectivity index (χ3n) is 4.52. The van der Waals surface area contributed by atoms with Crippen LogP contribution in [0.5, 0.6) is 5.75 Å². The van der Waals surface area contributed by atoms with Crippen LogP contribution in [0.2, 0.25) is 0 Å². The van der Waals surface area contributed by atoms with Crippen molar-refractivity contribution in [2.75, 3.05) is 5.32 Å². The van der Waals surface area contributed by atoms with Gasteiger partial charge in [0.15, 0.2) is 6.10 Å². The van der Waals surface area contributed by atoms with Crippen LogP contribution in [0.1, 0.15) is 50.8 Å². The van der Waals surface area contributed by atoms with Gasteiger partial charge >= 0.3 is 0 Å². The van der Waals surface area contributed by atoms with Crippen molar-refractivity contribution in [2.24, 2.45) is 0 Å². The molecule has 2 rings (SSSR count). The highest BCUT2D eigenvalue weighted by Crippen LogP contribution is 2.25. The van der Waals surface area contributed by atoms with Gasteiger partial charge in [-0.1, -0.05) is 52.0 Å². The SMILES string of the molecule is CC[C@@H](Oc1ccc(C(C)(C)C)cc1)C(=O)Nc1cccc(C)c1C. The van der Waals surface area contributed by atoms with Crippen molar-refractivity contribution in [3.63, 3.8) is 0 Å². The fourth-order valence-corrected chi connectivity index (χ4v) is 2.62. The van der Waals surface area contributed by atoms with Gasteiger partial charge in [0.2, 0.25) is 0 Å². The third-order valence-corrected chi connectivity index (χ3v) is 4.52. The minimum absolute atomic E-state index is 0.1000. The van der Waals surface area contributed by atoms with Crippen LogP contribution in [0.15, 0.2) is 42.5 Å². The maximum Gasteiger partial charge on any atom is 0.265 e. The van der Waals surface area contributed by atoms with Crippen molar-refractivity contribution in [1.82, 2.24) is 0 Å². The van der Waals surface area contributed by atoms with Gasteiger partial charge < -0.3 is 10.1 Å². The Morgan fingerprint density at radius 3 is 2.28 bits per heavy atom. The number of nitrogens with one attached hydrogen (secondary N) is 1. The highest BCUT2D eigenvalue weighted by atomic mass is 16.5. The van der Waals surface area contributed by atoms with Crippen LogP contribution in [-0.2, 0) is 10.2 Å². The number of anilines is 1. The molecule has 3 heteroatoms. The molecule has 1 atom stereocenters. The lowest BCUT2D eigenvalue weighted by Gasteiger charge is -2.21. The molecule has 1 amide bonds. The maximum absolute atomic E-state index is 12.6. The molecule has 0 fully saturated rings. The second kappa shape index (κ2) is 7.73. The molecular weight excluding hydrogens is 310 g/mol. The lowest BCUT2D eigenvalue weighted by Crippen LogP contribution is -2.32. The fourth-order valence-electron chi connectivity index (χ4n) is 2.62. The number of amides is 1. The molecule has 25 heavy (non-hydrogen) atoms. The van der Waals surface area contributed by atoms with Gasteiger partial charge in [-0.15, -0.1) is 0 Å². The van der Waals surface area contributed by atoms with E-state index in [-0.39, 0.29) is 11.3 Å². The van der Waals surface area contributed by atoms with E-state index in [0.29, 0.717) is 6.42 Å². The summed E-state index contributed by atoms with van der Waals surface area (Å²) in [6.07, 6.45) is 0.0953. The summed E-state index contributed by atoms with van der Waals surface area (Å²) >= 11 is 0. The van der Waals surface area contributed by atoms with Crippen molar-refractivity contribution in [3.8, 4) is 5.75 Å². The molecule has 0 radical (unpaired) electrons. The van der Waals surface area contributed by atoms with Crippen LogP contribution < -0.4 is 10.1 Å². The number of ether oxygens (including phenoxy) is 1. The first-order chi connectivity index (χ1) is 11.7. The van der Waals surface area contributed by atoms with E-state index in [4.69, 9.17) is 4.74 Å². The Labute approximate surface area is 151 Å². The number of carbonyl (C=O) groups is 1. The van der Waals surface area contributed by atoms with E-state index in [1.54, 1.807) is 0 Å². The molecule has 0 aliphatic carbocycles. The van der Waals surface area contributed by atoms with Crippen LogP contribution in [0.4, 0.5) is 5.69 Å². The molecule has 0 unspecified atom stereocenters. The normalized spacial score (nSPS) is 12.6. The summed E-state index contributed by atoms with van der Waals surface area (Å²) in [7, 11) is 0. The summed E-state index contributed by atoms with van der Waals surface area (Å²) < 4.78 is 5.92. The molecular formula is C22H29NO2. The molecule has 2 aromatic rings. The number of hydrogen-bond acceptors (Lipinski definition) is 2. The summed E-state index contributed by atoms with van der Waals surface area (Å²) in [5.41, 5.74) is 4.43. The van der Waals surface area contributed by atoms with Crippen LogP contribution in [-0.4, -0.2) is 12.0 Å². The highest BCUT2D eigenvalue weighted by molar-refractivity contribution is 5.95. The Balaban J connectivity index is 2.09. The van der Waals surface area contributed by atoms with Crippen LogP contribution in [0, 0.1) is 13.8 Å². The van der Waals surface area contributed by atoms with E-state index in [1.165, 1.54) is 5.56 Å². The zero-order valence-electron chi connectivity index (χ0n) is 16.1. The average molecular weight is 339 g/mol. The predicted molar refractivity (Wildman–Crippen MR) is 104 cm³/mol. The molecule has 3 nitrogen and oxygen atoms in total. The van der Waals surface area contributed by atoms with Gasteiger partial charge in [-0.3, -0.25) is 4.79 Å². The summed E-state index contributed by atoms with van der Waals surface area (Å²) in [5.74, 6) is 0.604. The lowest BCUT2D eigenvalue weighted by atomic mass is 9.87. The Hall–Kier alpha value is -2.29. The van der Waals surface area contributed by atoms with Crippen molar-refractivity contribution in [1.29, 1.82) is 0 Å². The molecule has 2 aromatic carbocycles. The topological polar surface area (TPSA) is 38.3 Å². The van der Waals surface area contributed by atoms with Crippen molar-refractivity contribution >= 4 is 11.6 Å². The Bertz CT molecular complexity index is 727. The minimum Gasteiger partial charge on any atom is -0.481 e. The predicted octanol–water partition coefficient (Wildman–Crippen LogP) is 5.40. The molecule has 0 spiro atoms. The molecule has 0 saturated carbocycles. The van der Waals surface area contributed by atoms with Crippen molar-refractivity contribution in [3.05, 3.63) is 59.2 Å². The molecule has 0 bridgehead atoms. The Kier molecular flexibility index (Phi) is 5.89. The van der Waals surface area contributed by atoms with E-state index in [9.17, 15) is 4.79 Å². The van der Waals surface area contributed by atoms with Gasteiger partial charge in [0, 0.05) is 5.69 Å². The largest absolute Gasteiger partial charge is 0.481 e. The number of benzene rings is 2. The van der Waals surface area contributed by atoms with E-state index in [0.717, 1.165) is 22.6 Å². The first-order valence-electron chi connectivity index (χ1n) is 8.86. The van der Waals surface area contributed by atoms with E-state index >= 15 is 0 Å². The quantitative estimate of drug-likeness (QED) is 0.792. The van der Waals surface area contributed by atoms with Gasteiger partial charge in [0.05, 0.1) is 0 Å². The monoisotopic (exact) mass is 339 g/mol. The molecule has 0 aliphatic heterocycles. The van der Waals surface area contributed by atoms with Gasteiger partial charge in [0.1, 0.15) is 5.75 Å². The smallest absolute Gasteiger partial charge is 0.265 e. The summed E-state index contributed by atoms with van der Waals surface area (Å²) in [6, 6.07) is 13.9. The number of carbonyl (C=O) groups excluding carboxylic acids is 1. The average Bonchev–Trinajstić information content (AvgIpc) is 2.56. The van der Waals surface area contributed by atoms with Crippen molar-refractivity contribution in [2.45, 2.75) is 59.5 Å². The van der Waals surface area contributed by atoms with Crippen LogP contribution >= 0.6 is 0 Å². The molecule has 0 aromatic heterocycles. The fraction of sp³-hybridized carbons (Fsp3) is 0.409. The van der Waals surface area contributed by atoms with Crippen LogP contribution in [0.25, 0.3) is 0 Å². The summed E-state index contributed by atoms with van der Waals surface area (Å²) in [4.78, 5) is 12.6. The number of rotatable bonds is 5. The number of hydrogen-bond donors (Lipinski definition) is 1. The van der Waals surface area contributed by atoms with E-state index in [2.05, 4.69) is 38.2 Å². The first kappa shape index (κ1) is 19.0. The molecule has 1 N–H and O–H groups in total. The molecule has 0 aliphatic rings. The molecule has 0 saturated heterocycles. The molecule has 0 heterocycles. The van der Waals surface area contributed by atoms with Gasteiger partial charge in [-0.25, -0.2) is 0 Å². The Morgan fingerprint density at radius 2 is 1.72 bits per heavy atom. The van der Waals surface area contributed by atoms with Crippen molar-refractivity contribution < 1.29 is 9.53 Å². The summed E-state index contributed by atoms with van der Waals surface area (Å²) in [5, 5.41) is 2.99. The highest BCUT2D eigenvalue weighted by Gasteiger charge is 2.20. The van der Waals surface area contributed by atoms with E-state index < -0.39 is 6.10 Å². The maximum atomic E-state index is 12.6. The second-order valence-corrected chi connectivity index (χ2v) is 7.53. The van der Waals surface area contributed by atoms with Crippen LogP contribution in [0.3, 0.4) is 0 Å². The first-order valence-corrected chi connectivity index (χ1v) is 8.86. The standard InChI is InChI=1S/C22H29NO2/c1-7-20(21(24)23-19-10-8-9-15(2)16(19)3)25-18-13-11-17(12-14-18)22(4,5)6/h8-14,20H,7H2,1-6H3,(H,23,24)/t20-/m1/s1. The van der Waals surface area contributed by atoms with Gasteiger partial charge in [-0.2, -0.15) is 0 Å². The van der Waals surface area contributed by atoms with Gasteiger partial charge in [-0.05, 0) is 60.6 Å². The second-order valence-electron chi connectivity index (χ2n) is 7.53. The third kappa shape index (κ3) is 4.85.